The molecule has 0 bridgehead atoms. The van der Waals surface area contributed by atoms with E-state index in [1.165, 1.54) is 0 Å². The molecule has 0 aromatic heterocycles. The first kappa shape index (κ1) is 25.2. The highest BCUT2D eigenvalue weighted by atomic mass is 31.3. The smallest absolute Gasteiger partial charge is 0.373 e. The van der Waals surface area contributed by atoms with Crippen molar-refractivity contribution in [3.8, 4) is 0 Å². The summed E-state index contributed by atoms with van der Waals surface area (Å²) in [7, 11) is -24.3. The van der Waals surface area contributed by atoms with Crippen LogP contribution in [0, 0.1) is 0 Å². The van der Waals surface area contributed by atoms with Gasteiger partial charge in [-0.3, -0.25) is 0 Å². The number of hydrogen-bond donors (Lipinski definition) is 6. The van der Waals surface area contributed by atoms with E-state index in [0.29, 0.717) is 0 Å². The predicted octanol–water partition coefficient (Wildman–Crippen LogP) is -8.26. The van der Waals surface area contributed by atoms with E-state index in [9.17, 15) is 49.4 Å². The Morgan fingerprint density at radius 1 is 0.542 bits per heavy atom. The third-order valence-electron chi connectivity index (χ3n) is 3.08. The standard InChI is InChI=1S/C6H18O14P4/c7-5(21(9,10)11,22(12,13)14)3-1-2-4-6(8,23(15,16)17)24(18,19)20/h7-8H,1-4H2,(H2,9,10,11)(H2,12,13,14)(H2,15,16,17)(H2,18,19,20)/p-4. The van der Waals surface area contributed by atoms with Gasteiger partial charge in [-0.2, -0.15) is 0 Å². The van der Waals surface area contributed by atoms with Gasteiger partial charge in [-0.1, -0.05) is 15.9 Å². The van der Waals surface area contributed by atoms with E-state index in [1.807, 2.05) is 0 Å². The van der Waals surface area contributed by atoms with Crippen LogP contribution in [-0.4, -0.2) is 40.0 Å². The lowest BCUT2D eigenvalue weighted by Crippen LogP contribution is -2.59. The fourth-order valence-electron chi connectivity index (χ4n) is 1.61. The minimum atomic E-state index is -6.36. The molecule has 0 atom stereocenters. The normalized spacial score (nSPS) is 15.8. The molecule has 0 rings (SSSR count). The topological polar surface area (TPSA) is 306 Å². The summed E-state index contributed by atoms with van der Waals surface area (Å²) in [6.07, 6.45) is -4.61. The fraction of sp³-hybridized carbons (Fsp3) is 1.00. The van der Waals surface area contributed by atoms with Crippen molar-refractivity contribution < 1.29 is 68.9 Å². The molecule has 0 saturated heterocycles. The molecule has 0 radical (unpaired) electrons. The highest BCUT2D eigenvalue weighted by Crippen LogP contribution is 2.73. The molecular formula is C6H14O14P4-4. The van der Waals surface area contributed by atoms with Gasteiger partial charge < -0.3 is 49.4 Å². The first-order chi connectivity index (χ1) is 10.2. The van der Waals surface area contributed by atoms with E-state index in [2.05, 4.69) is 0 Å². The molecule has 18 heteroatoms. The zero-order valence-corrected chi connectivity index (χ0v) is 15.1. The van der Waals surface area contributed by atoms with Gasteiger partial charge in [-0.25, -0.2) is 19.6 Å². The van der Waals surface area contributed by atoms with Crippen LogP contribution in [0.2, 0.25) is 0 Å². The third kappa shape index (κ3) is 5.34. The molecule has 24 heavy (non-hydrogen) atoms. The van der Waals surface area contributed by atoms with Gasteiger partial charge in [0.05, 0.1) is 6.42 Å². The summed E-state index contributed by atoms with van der Waals surface area (Å²) in [5, 5.41) is 10.7. The lowest BCUT2D eigenvalue weighted by Gasteiger charge is -2.63. The maximum Gasteiger partial charge on any atom is 0.373 e. The Morgan fingerprint density at radius 2 is 0.792 bits per heavy atom. The Balaban J connectivity index is 5.11. The second kappa shape index (κ2) is 7.65. The quantitative estimate of drug-likeness (QED) is 0.145. The van der Waals surface area contributed by atoms with Crippen LogP contribution in [0.4, 0.5) is 0 Å². The van der Waals surface area contributed by atoms with E-state index in [0.717, 1.165) is 0 Å². The van der Waals surface area contributed by atoms with Crippen LogP contribution in [-0.2, 0) is 0 Å². The first-order valence-corrected chi connectivity index (χ1v) is 12.1. The Labute approximate surface area is 137 Å². The number of unbranched alkanes of at least 4 members (excludes halogenated alkanes) is 1. The van der Waals surface area contributed by atoms with E-state index in [1.54, 1.807) is 0 Å². The van der Waals surface area contributed by atoms with Gasteiger partial charge in [-0.05, 0) is 12.8 Å². The molecule has 0 unspecified atom stereocenters. The van der Waals surface area contributed by atoms with Gasteiger partial charge >= 0.3 is 21.0 Å². The molecule has 0 aliphatic carbocycles. The molecule has 0 aromatic rings. The van der Waals surface area contributed by atoms with Gasteiger partial charge in [0.15, 0.2) is 0 Å². The molecule has 0 saturated carbocycles. The molecule has 146 valence electrons. The van der Waals surface area contributed by atoms with Crippen molar-refractivity contribution in [2.45, 2.75) is 35.8 Å². The summed E-state index contributed by atoms with van der Waals surface area (Å²) in [5.74, 6) is 0. The SMILES string of the molecule is [O-][P+]([O-])([O-])C(O)(CCCCC(O)([P+]([O-])(O)O)[P+]([O-])(O)O)[P+]([O-])([O-])[O-]. The molecule has 0 aliphatic rings. The number of rotatable bonds is 9. The molecule has 0 aromatic carbocycles. The molecule has 0 aliphatic heterocycles. The van der Waals surface area contributed by atoms with Crippen molar-refractivity contribution in [3.63, 3.8) is 0 Å². The van der Waals surface area contributed by atoms with Gasteiger partial charge in [0.25, 0.3) is 0 Å². The zero-order valence-electron chi connectivity index (χ0n) is 11.6. The Hall–Kier alpha value is 1.16. The van der Waals surface area contributed by atoms with Crippen LogP contribution in [0.25, 0.3) is 0 Å². The Kier molecular flexibility index (Phi) is 8.02. The minimum Gasteiger partial charge on any atom is -0.683 e. The van der Waals surface area contributed by atoms with Crippen molar-refractivity contribution in [1.29, 1.82) is 0 Å². The lowest BCUT2D eigenvalue weighted by molar-refractivity contribution is -0.465. The van der Waals surface area contributed by atoms with E-state index in [-0.39, 0.29) is 0 Å². The average molecular weight is 434 g/mol. The third-order valence-corrected chi connectivity index (χ3v) is 10.6. The van der Waals surface area contributed by atoms with Gasteiger partial charge in [0.1, 0.15) is 0 Å². The van der Waals surface area contributed by atoms with Crippen LogP contribution in [0.15, 0.2) is 0 Å². The monoisotopic (exact) mass is 434 g/mol. The second-order valence-electron chi connectivity index (χ2n) is 4.84. The van der Waals surface area contributed by atoms with Gasteiger partial charge in [0, 0.05) is 6.42 Å². The molecule has 6 N–H and O–H groups in total. The Bertz CT molecular complexity index is 349. The molecular weight excluding hydrogens is 420 g/mol. The van der Waals surface area contributed by atoms with Crippen molar-refractivity contribution >= 4 is 31.8 Å². The van der Waals surface area contributed by atoms with Crippen molar-refractivity contribution in [2.75, 3.05) is 0 Å². The maximum absolute atomic E-state index is 11.0. The molecule has 0 spiro atoms. The summed E-state index contributed by atoms with van der Waals surface area (Å²) in [4.78, 5) is 122. The van der Waals surface area contributed by atoms with Crippen molar-refractivity contribution in [3.05, 3.63) is 0 Å². The van der Waals surface area contributed by atoms with Crippen LogP contribution < -0.4 is 39.1 Å². The highest BCUT2D eigenvalue weighted by Gasteiger charge is 2.66. The summed E-state index contributed by atoms with van der Waals surface area (Å²) in [6, 6.07) is 0. The Morgan fingerprint density at radius 3 is 1.00 bits per heavy atom. The van der Waals surface area contributed by atoms with E-state index >= 15 is 0 Å². The minimum absolute atomic E-state index is 0.852. The maximum atomic E-state index is 11.0. The van der Waals surface area contributed by atoms with Gasteiger partial charge in [-0.15, -0.1) is 0 Å². The molecule has 14 nitrogen and oxygen atoms in total. The lowest BCUT2D eigenvalue weighted by atomic mass is 10.2. The zero-order chi connectivity index (χ0) is 19.8. The van der Waals surface area contributed by atoms with Crippen LogP contribution in [0.5, 0.6) is 0 Å². The second-order valence-corrected chi connectivity index (χ2v) is 12.7. The largest absolute Gasteiger partial charge is 0.683 e. The highest BCUT2D eigenvalue weighted by molar-refractivity contribution is 7.77. The number of aliphatic hydroxyl groups is 2. The van der Waals surface area contributed by atoms with Crippen LogP contribution >= 0.6 is 31.8 Å². The predicted molar refractivity (Wildman–Crippen MR) is 64.9 cm³/mol. The molecule has 0 fully saturated rings. The summed E-state index contributed by atoms with van der Waals surface area (Å²) in [6.45, 7) is 0. The van der Waals surface area contributed by atoms with E-state index in [4.69, 9.17) is 19.6 Å². The van der Waals surface area contributed by atoms with Crippen LogP contribution in [0.3, 0.4) is 0 Å². The van der Waals surface area contributed by atoms with Crippen molar-refractivity contribution in [2.24, 2.45) is 0 Å². The summed E-state index contributed by atoms with van der Waals surface area (Å²) >= 11 is 0. The van der Waals surface area contributed by atoms with Gasteiger partial charge in [0.2, 0.25) is 5.08 Å². The molecule has 0 amide bonds. The number of hydrogen-bond acceptors (Lipinski definition) is 14. The molecule has 0 heterocycles. The van der Waals surface area contributed by atoms with Crippen molar-refractivity contribution in [1.82, 2.24) is 0 Å². The first-order valence-electron chi connectivity index (χ1n) is 5.81. The van der Waals surface area contributed by atoms with E-state index < -0.39 is 67.6 Å². The fourth-order valence-corrected chi connectivity index (χ4v) is 5.93. The summed E-state index contributed by atoms with van der Waals surface area (Å²) < 4.78 is 0. The summed E-state index contributed by atoms with van der Waals surface area (Å²) in [5.41, 5.74) is 0. The van der Waals surface area contributed by atoms with Crippen LogP contribution in [0.1, 0.15) is 25.7 Å². The average Bonchev–Trinajstić information content (AvgIpc) is 2.28.